The Labute approximate surface area is 183 Å². The highest BCUT2D eigenvalue weighted by atomic mass is 16.7. The lowest BCUT2D eigenvalue weighted by Gasteiger charge is -2.20. The molecule has 0 bridgehead atoms. The number of hydroxylamine groups is 2. The van der Waals surface area contributed by atoms with Crippen molar-refractivity contribution >= 4 is 29.7 Å². The summed E-state index contributed by atoms with van der Waals surface area (Å²) >= 11 is 0. The molecule has 5 amide bonds. The first-order valence-electron chi connectivity index (χ1n) is 11.2. The molecule has 31 heavy (non-hydrogen) atoms. The fourth-order valence-electron chi connectivity index (χ4n) is 3.83. The molecule has 0 radical (unpaired) electrons. The molecule has 174 valence electrons. The van der Waals surface area contributed by atoms with Crippen molar-refractivity contribution in [2.24, 2.45) is 0 Å². The quantitative estimate of drug-likeness (QED) is 0.333. The van der Waals surface area contributed by atoms with Crippen molar-refractivity contribution < 1.29 is 28.8 Å². The highest BCUT2D eigenvalue weighted by Crippen LogP contribution is 2.18. The van der Waals surface area contributed by atoms with Gasteiger partial charge in [-0.2, -0.15) is 0 Å². The Balaban J connectivity index is 1.42. The molecule has 2 aliphatic rings. The highest BCUT2D eigenvalue weighted by Gasteiger charge is 2.33. The molecular weight excluding hydrogens is 404 g/mol. The van der Waals surface area contributed by atoms with Gasteiger partial charge in [0, 0.05) is 45.3 Å². The van der Waals surface area contributed by atoms with E-state index in [0.29, 0.717) is 24.4 Å². The van der Waals surface area contributed by atoms with Crippen molar-refractivity contribution in [1.82, 2.24) is 20.6 Å². The standard InChI is InChI=1S/C21H34N4O6/c1-15-16(24(2)21(30)23-15)9-5-3-6-10-17(26)22-14-8-4-7-11-20(29)31-25-18(27)12-13-19(25)28/h15-16H,3-14H2,1-2H3,(H,22,26)(H,23,30)/t15-,16+/m0/s1. The summed E-state index contributed by atoms with van der Waals surface area (Å²) in [5, 5.41) is 6.35. The van der Waals surface area contributed by atoms with Crippen LogP contribution in [0.5, 0.6) is 0 Å². The van der Waals surface area contributed by atoms with Gasteiger partial charge < -0.3 is 20.4 Å². The van der Waals surface area contributed by atoms with E-state index < -0.39 is 17.8 Å². The lowest BCUT2D eigenvalue weighted by Crippen LogP contribution is -2.32. The fourth-order valence-corrected chi connectivity index (χ4v) is 3.83. The molecule has 2 N–H and O–H groups in total. The average Bonchev–Trinajstić information content (AvgIpc) is 3.16. The van der Waals surface area contributed by atoms with E-state index in [0.717, 1.165) is 38.5 Å². The third-order valence-corrected chi connectivity index (χ3v) is 5.73. The molecule has 0 aromatic rings. The second kappa shape index (κ2) is 12.3. The maximum Gasteiger partial charge on any atom is 0.333 e. The summed E-state index contributed by atoms with van der Waals surface area (Å²) in [6.07, 6.45) is 6.50. The highest BCUT2D eigenvalue weighted by molar-refractivity contribution is 6.01. The molecule has 2 aliphatic heterocycles. The molecule has 2 atom stereocenters. The Morgan fingerprint density at radius 2 is 1.65 bits per heavy atom. The SMILES string of the molecule is C[C@@H]1NC(=O)N(C)[C@@H]1CCCCCC(=O)NCCCCCC(=O)ON1C(=O)CCC1=O. The number of urea groups is 1. The molecule has 0 spiro atoms. The third-order valence-electron chi connectivity index (χ3n) is 5.73. The van der Waals surface area contributed by atoms with Crippen LogP contribution in [0.25, 0.3) is 0 Å². The van der Waals surface area contributed by atoms with Crippen LogP contribution < -0.4 is 10.6 Å². The topological polar surface area (TPSA) is 125 Å². The van der Waals surface area contributed by atoms with Crippen molar-refractivity contribution in [2.75, 3.05) is 13.6 Å². The fraction of sp³-hybridized carbons (Fsp3) is 0.762. The molecule has 0 aromatic heterocycles. The number of likely N-dealkylation sites (N-methyl/N-ethyl adjacent to an activating group) is 1. The van der Waals surface area contributed by atoms with Crippen LogP contribution in [0.3, 0.4) is 0 Å². The molecule has 10 nitrogen and oxygen atoms in total. The Bertz CT molecular complexity index is 667. The minimum atomic E-state index is -0.592. The second-order valence-corrected chi connectivity index (χ2v) is 8.22. The van der Waals surface area contributed by atoms with Gasteiger partial charge in [-0.25, -0.2) is 9.59 Å². The Morgan fingerprint density at radius 1 is 1.00 bits per heavy atom. The largest absolute Gasteiger partial charge is 0.356 e. The first-order chi connectivity index (χ1) is 14.8. The Morgan fingerprint density at radius 3 is 2.29 bits per heavy atom. The van der Waals surface area contributed by atoms with Gasteiger partial charge >= 0.3 is 12.0 Å². The minimum Gasteiger partial charge on any atom is -0.356 e. The van der Waals surface area contributed by atoms with Crippen LogP contribution in [0.1, 0.15) is 77.6 Å². The zero-order valence-electron chi connectivity index (χ0n) is 18.5. The van der Waals surface area contributed by atoms with Crippen LogP contribution in [-0.4, -0.2) is 65.4 Å². The van der Waals surface area contributed by atoms with Crippen molar-refractivity contribution in [2.45, 2.75) is 89.6 Å². The molecular formula is C21H34N4O6. The van der Waals surface area contributed by atoms with E-state index in [4.69, 9.17) is 4.84 Å². The lowest BCUT2D eigenvalue weighted by atomic mass is 10.0. The minimum absolute atomic E-state index is 0.0219. The zero-order chi connectivity index (χ0) is 22.8. The zero-order valence-corrected chi connectivity index (χ0v) is 18.5. The molecule has 2 saturated heterocycles. The number of carbonyl (C=O) groups excluding carboxylic acids is 5. The van der Waals surface area contributed by atoms with E-state index in [9.17, 15) is 24.0 Å². The number of carbonyl (C=O) groups is 5. The molecule has 2 rings (SSSR count). The van der Waals surface area contributed by atoms with Crippen LogP contribution in [0.2, 0.25) is 0 Å². The van der Waals surface area contributed by atoms with Gasteiger partial charge in [0.1, 0.15) is 0 Å². The normalized spacial score (nSPS) is 20.9. The predicted molar refractivity (Wildman–Crippen MR) is 111 cm³/mol. The van der Waals surface area contributed by atoms with Gasteiger partial charge in [-0.05, 0) is 32.6 Å². The van der Waals surface area contributed by atoms with Crippen molar-refractivity contribution in [3.8, 4) is 0 Å². The number of hydrogen-bond donors (Lipinski definition) is 2. The Kier molecular flexibility index (Phi) is 9.74. The van der Waals surface area contributed by atoms with Crippen LogP contribution in [0.15, 0.2) is 0 Å². The number of nitrogens with one attached hydrogen (secondary N) is 2. The number of amides is 5. The first-order valence-corrected chi connectivity index (χ1v) is 11.2. The maximum atomic E-state index is 11.9. The summed E-state index contributed by atoms with van der Waals surface area (Å²) in [6.45, 7) is 2.56. The predicted octanol–water partition coefficient (Wildman–Crippen LogP) is 1.63. The van der Waals surface area contributed by atoms with Gasteiger partial charge in [0.2, 0.25) is 5.91 Å². The average molecular weight is 439 g/mol. The summed E-state index contributed by atoms with van der Waals surface area (Å²) in [5.41, 5.74) is 0. The molecule has 0 aromatic carbocycles. The molecule has 0 saturated carbocycles. The summed E-state index contributed by atoms with van der Waals surface area (Å²) in [6, 6.07) is 0.355. The van der Waals surface area contributed by atoms with Crippen LogP contribution in [-0.2, 0) is 24.0 Å². The van der Waals surface area contributed by atoms with Crippen LogP contribution in [0.4, 0.5) is 4.79 Å². The van der Waals surface area contributed by atoms with E-state index in [1.54, 1.807) is 4.90 Å². The number of nitrogens with zero attached hydrogens (tertiary/aromatic N) is 2. The van der Waals surface area contributed by atoms with Crippen LogP contribution in [0, 0.1) is 0 Å². The number of hydrogen-bond acceptors (Lipinski definition) is 6. The molecule has 0 unspecified atom stereocenters. The summed E-state index contributed by atoms with van der Waals surface area (Å²) in [4.78, 5) is 64.5. The lowest BCUT2D eigenvalue weighted by molar-refractivity contribution is -0.197. The summed E-state index contributed by atoms with van der Waals surface area (Å²) in [5.74, 6) is -1.53. The van der Waals surface area contributed by atoms with E-state index in [-0.39, 0.29) is 43.3 Å². The smallest absolute Gasteiger partial charge is 0.333 e. The van der Waals surface area contributed by atoms with Gasteiger partial charge in [-0.15, -0.1) is 5.06 Å². The second-order valence-electron chi connectivity index (χ2n) is 8.22. The monoisotopic (exact) mass is 438 g/mol. The number of rotatable bonds is 13. The number of imide groups is 1. The van der Waals surface area contributed by atoms with Gasteiger partial charge in [0.25, 0.3) is 11.8 Å². The van der Waals surface area contributed by atoms with Crippen molar-refractivity contribution in [3.63, 3.8) is 0 Å². The third kappa shape index (κ3) is 7.84. The molecule has 0 aliphatic carbocycles. The molecule has 10 heteroatoms. The van der Waals surface area contributed by atoms with Gasteiger partial charge in [-0.1, -0.05) is 19.3 Å². The summed E-state index contributed by atoms with van der Waals surface area (Å²) in [7, 11) is 1.81. The Hall–Kier alpha value is -2.65. The van der Waals surface area contributed by atoms with Crippen LogP contribution >= 0.6 is 0 Å². The number of unbranched alkanes of at least 4 members (excludes halogenated alkanes) is 4. The van der Waals surface area contributed by atoms with E-state index in [2.05, 4.69) is 10.6 Å². The maximum absolute atomic E-state index is 11.9. The van der Waals surface area contributed by atoms with Crippen molar-refractivity contribution in [1.29, 1.82) is 0 Å². The van der Waals surface area contributed by atoms with E-state index >= 15 is 0 Å². The molecule has 2 heterocycles. The summed E-state index contributed by atoms with van der Waals surface area (Å²) < 4.78 is 0. The van der Waals surface area contributed by atoms with Gasteiger partial charge in [0.05, 0.1) is 6.04 Å². The van der Waals surface area contributed by atoms with Gasteiger partial charge in [-0.3, -0.25) is 14.4 Å². The molecule has 2 fully saturated rings. The first kappa shape index (κ1) is 24.6. The van der Waals surface area contributed by atoms with E-state index in [1.807, 2.05) is 14.0 Å². The van der Waals surface area contributed by atoms with Gasteiger partial charge in [0.15, 0.2) is 0 Å². The van der Waals surface area contributed by atoms with E-state index in [1.165, 1.54) is 0 Å². The van der Waals surface area contributed by atoms with Crippen molar-refractivity contribution in [3.05, 3.63) is 0 Å².